The molecular formula is C13H22O4. The first kappa shape index (κ1) is 15.7. The van der Waals surface area contributed by atoms with Gasteiger partial charge in [0.2, 0.25) is 0 Å². The number of esters is 2. The van der Waals surface area contributed by atoms with Gasteiger partial charge >= 0.3 is 11.9 Å². The molecule has 0 aliphatic rings. The average Bonchev–Trinajstić information content (AvgIpc) is 2.32. The second kappa shape index (κ2) is 7.87. The molecule has 0 bridgehead atoms. The second-order valence-corrected chi connectivity index (χ2v) is 3.96. The summed E-state index contributed by atoms with van der Waals surface area (Å²) in [4.78, 5) is 21.9. The Bertz CT molecular complexity index is 267. The molecule has 0 spiro atoms. The van der Waals surface area contributed by atoms with Gasteiger partial charge in [-0.05, 0) is 25.7 Å². The molecule has 4 heteroatoms. The monoisotopic (exact) mass is 242 g/mol. The lowest BCUT2D eigenvalue weighted by Gasteiger charge is -2.31. The fourth-order valence-corrected chi connectivity index (χ4v) is 1.73. The highest BCUT2D eigenvalue weighted by Gasteiger charge is 2.28. The van der Waals surface area contributed by atoms with Crippen molar-refractivity contribution in [3.05, 3.63) is 12.7 Å². The molecule has 0 aromatic rings. The molecule has 4 nitrogen and oxygen atoms in total. The summed E-state index contributed by atoms with van der Waals surface area (Å²) in [6, 6.07) is 0. The molecule has 0 unspecified atom stereocenters. The number of hydrogen-bond donors (Lipinski definition) is 0. The van der Waals surface area contributed by atoms with Crippen LogP contribution in [0.3, 0.4) is 0 Å². The summed E-state index contributed by atoms with van der Waals surface area (Å²) in [6.45, 7) is 9.03. The first-order chi connectivity index (χ1) is 7.99. The van der Waals surface area contributed by atoms with E-state index < -0.39 is 11.6 Å². The van der Waals surface area contributed by atoms with Gasteiger partial charge in [0.25, 0.3) is 0 Å². The third kappa shape index (κ3) is 6.09. The standard InChI is InChI=1S/C13H22O4/c1-5-12(15)16-10-8-9-13(6-2,7-3)17-11(4)14/h5H,1,6-10H2,2-4H3. The zero-order valence-corrected chi connectivity index (χ0v) is 11.0. The molecule has 0 fully saturated rings. The first-order valence-corrected chi connectivity index (χ1v) is 5.98. The van der Waals surface area contributed by atoms with Crippen LogP contribution in [0.2, 0.25) is 0 Å². The lowest BCUT2D eigenvalue weighted by Crippen LogP contribution is -2.33. The van der Waals surface area contributed by atoms with Crippen LogP contribution in [0.5, 0.6) is 0 Å². The molecule has 98 valence electrons. The Kier molecular flexibility index (Phi) is 7.26. The number of ether oxygens (including phenoxy) is 2. The maximum absolute atomic E-state index is 11.0. The predicted molar refractivity (Wildman–Crippen MR) is 65.5 cm³/mol. The van der Waals surface area contributed by atoms with E-state index in [0.717, 1.165) is 18.9 Å². The Labute approximate surface area is 103 Å². The Morgan fingerprint density at radius 3 is 2.29 bits per heavy atom. The molecular weight excluding hydrogens is 220 g/mol. The summed E-state index contributed by atoms with van der Waals surface area (Å²) >= 11 is 0. The smallest absolute Gasteiger partial charge is 0.330 e. The first-order valence-electron chi connectivity index (χ1n) is 5.98. The van der Waals surface area contributed by atoms with Crippen molar-refractivity contribution in [1.82, 2.24) is 0 Å². The molecule has 0 rings (SSSR count). The van der Waals surface area contributed by atoms with Crippen LogP contribution in [0.15, 0.2) is 12.7 Å². The molecule has 0 saturated heterocycles. The Hall–Kier alpha value is -1.32. The zero-order chi connectivity index (χ0) is 13.3. The van der Waals surface area contributed by atoms with Crippen molar-refractivity contribution in [2.24, 2.45) is 0 Å². The maximum atomic E-state index is 11.0. The van der Waals surface area contributed by atoms with Crippen LogP contribution < -0.4 is 0 Å². The molecule has 0 heterocycles. The van der Waals surface area contributed by atoms with Crippen LogP contribution in [0.4, 0.5) is 0 Å². The molecule has 0 aliphatic carbocycles. The van der Waals surface area contributed by atoms with Gasteiger partial charge in [0.05, 0.1) is 6.61 Å². The molecule has 17 heavy (non-hydrogen) atoms. The van der Waals surface area contributed by atoms with Crippen molar-refractivity contribution in [2.75, 3.05) is 6.61 Å². The second-order valence-electron chi connectivity index (χ2n) is 3.96. The topological polar surface area (TPSA) is 52.6 Å². The van der Waals surface area contributed by atoms with Crippen molar-refractivity contribution < 1.29 is 19.1 Å². The van der Waals surface area contributed by atoms with Crippen LogP contribution in [0, 0.1) is 0 Å². The van der Waals surface area contributed by atoms with Crippen LogP contribution in [-0.4, -0.2) is 24.1 Å². The molecule has 0 aromatic heterocycles. The fraction of sp³-hybridized carbons (Fsp3) is 0.692. The highest BCUT2D eigenvalue weighted by molar-refractivity contribution is 5.81. The summed E-state index contributed by atoms with van der Waals surface area (Å²) in [5.41, 5.74) is -0.424. The molecule has 0 N–H and O–H groups in total. The normalized spacial score (nSPS) is 10.8. The Balaban J connectivity index is 4.12. The average molecular weight is 242 g/mol. The largest absolute Gasteiger partial charge is 0.463 e. The van der Waals surface area contributed by atoms with E-state index in [4.69, 9.17) is 9.47 Å². The molecule has 0 aromatic carbocycles. The Morgan fingerprint density at radius 2 is 1.88 bits per heavy atom. The highest BCUT2D eigenvalue weighted by atomic mass is 16.6. The van der Waals surface area contributed by atoms with E-state index in [1.165, 1.54) is 6.92 Å². The van der Waals surface area contributed by atoms with E-state index in [1.54, 1.807) is 0 Å². The van der Waals surface area contributed by atoms with Crippen molar-refractivity contribution in [3.63, 3.8) is 0 Å². The summed E-state index contributed by atoms with van der Waals surface area (Å²) in [6.07, 6.45) is 4.04. The van der Waals surface area contributed by atoms with Gasteiger partial charge in [0.1, 0.15) is 5.60 Å². The van der Waals surface area contributed by atoms with Gasteiger partial charge in [-0.15, -0.1) is 0 Å². The fourth-order valence-electron chi connectivity index (χ4n) is 1.73. The summed E-state index contributed by atoms with van der Waals surface area (Å²) in [7, 11) is 0. The van der Waals surface area contributed by atoms with E-state index in [0.29, 0.717) is 19.4 Å². The van der Waals surface area contributed by atoms with Gasteiger partial charge in [-0.25, -0.2) is 4.79 Å². The Morgan fingerprint density at radius 1 is 1.29 bits per heavy atom. The van der Waals surface area contributed by atoms with Crippen LogP contribution in [0.1, 0.15) is 46.5 Å². The van der Waals surface area contributed by atoms with Crippen LogP contribution >= 0.6 is 0 Å². The lowest BCUT2D eigenvalue weighted by atomic mass is 9.91. The van der Waals surface area contributed by atoms with Crippen LogP contribution in [-0.2, 0) is 19.1 Å². The minimum absolute atomic E-state index is 0.267. The van der Waals surface area contributed by atoms with E-state index in [2.05, 4.69) is 6.58 Å². The number of hydrogen-bond acceptors (Lipinski definition) is 4. The van der Waals surface area contributed by atoms with Gasteiger partial charge in [0, 0.05) is 13.0 Å². The minimum Gasteiger partial charge on any atom is -0.463 e. The number of carbonyl (C=O) groups excluding carboxylic acids is 2. The predicted octanol–water partition coefficient (Wildman–Crippen LogP) is 2.62. The van der Waals surface area contributed by atoms with E-state index in [9.17, 15) is 9.59 Å². The SMILES string of the molecule is C=CC(=O)OCCCC(CC)(CC)OC(C)=O. The summed E-state index contributed by atoms with van der Waals surface area (Å²) in [5.74, 6) is -0.687. The molecule has 0 radical (unpaired) electrons. The molecule has 0 aliphatic heterocycles. The third-order valence-electron chi connectivity index (χ3n) is 2.84. The zero-order valence-electron chi connectivity index (χ0n) is 11.0. The number of rotatable bonds is 8. The third-order valence-corrected chi connectivity index (χ3v) is 2.84. The van der Waals surface area contributed by atoms with Crippen molar-refractivity contribution in [1.29, 1.82) is 0 Å². The lowest BCUT2D eigenvalue weighted by molar-refractivity contribution is -0.159. The van der Waals surface area contributed by atoms with Crippen molar-refractivity contribution in [3.8, 4) is 0 Å². The van der Waals surface area contributed by atoms with Crippen LogP contribution in [0.25, 0.3) is 0 Å². The van der Waals surface area contributed by atoms with Gasteiger partial charge in [-0.3, -0.25) is 4.79 Å². The summed E-state index contributed by atoms with van der Waals surface area (Å²) < 4.78 is 10.3. The van der Waals surface area contributed by atoms with Crippen molar-refractivity contribution >= 4 is 11.9 Å². The number of carbonyl (C=O) groups is 2. The van der Waals surface area contributed by atoms with E-state index >= 15 is 0 Å². The highest BCUT2D eigenvalue weighted by Crippen LogP contribution is 2.26. The molecule has 0 amide bonds. The quantitative estimate of drug-likeness (QED) is 0.373. The summed E-state index contributed by atoms with van der Waals surface area (Å²) in [5, 5.41) is 0. The van der Waals surface area contributed by atoms with Gasteiger partial charge in [-0.2, -0.15) is 0 Å². The maximum Gasteiger partial charge on any atom is 0.330 e. The van der Waals surface area contributed by atoms with Gasteiger partial charge in [0.15, 0.2) is 0 Å². The van der Waals surface area contributed by atoms with Gasteiger partial charge < -0.3 is 9.47 Å². The molecule has 0 saturated carbocycles. The minimum atomic E-state index is -0.424. The van der Waals surface area contributed by atoms with Crippen molar-refractivity contribution in [2.45, 2.75) is 52.1 Å². The van der Waals surface area contributed by atoms with E-state index in [1.807, 2.05) is 13.8 Å². The van der Waals surface area contributed by atoms with E-state index in [-0.39, 0.29) is 5.97 Å². The molecule has 0 atom stereocenters. The van der Waals surface area contributed by atoms with Gasteiger partial charge in [-0.1, -0.05) is 20.4 Å².